The molecule has 0 saturated heterocycles. The molecule has 0 spiro atoms. The van der Waals surface area contributed by atoms with Crippen LogP contribution in [-0.2, 0) is 6.42 Å². The monoisotopic (exact) mass is 248 g/mol. The van der Waals surface area contributed by atoms with Gasteiger partial charge in [0.15, 0.2) is 0 Å². The first-order valence-electron chi connectivity index (χ1n) is 6.32. The molecule has 1 aliphatic rings. The molecule has 0 atom stereocenters. The van der Waals surface area contributed by atoms with Crippen molar-refractivity contribution in [1.29, 1.82) is 0 Å². The van der Waals surface area contributed by atoms with E-state index in [1.165, 1.54) is 16.3 Å². The molecule has 0 bridgehead atoms. The highest BCUT2D eigenvalue weighted by atomic mass is 16.5. The molecule has 0 fully saturated rings. The van der Waals surface area contributed by atoms with Crippen LogP contribution in [0.15, 0.2) is 54.6 Å². The molecule has 1 aliphatic heterocycles. The fraction of sp³-hybridized carbons (Fsp3) is 0.0588. The zero-order valence-corrected chi connectivity index (χ0v) is 10.3. The lowest BCUT2D eigenvalue weighted by molar-refractivity contribution is 0.443. The average molecular weight is 248 g/mol. The Morgan fingerprint density at radius 1 is 0.895 bits per heavy atom. The van der Waals surface area contributed by atoms with Crippen LogP contribution in [0.4, 0.5) is 0 Å². The maximum absolute atomic E-state index is 9.53. The van der Waals surface area contributed by atoms with Crippen molar-refractivity contribution in [1.82, 2.24) is 0 Å². The van der Waals surface area contributed by atoms with E-state index in [0.717, 1.165) is 23.5 Å². The Kier molecular flexibility index (Phi) is 2.06. The minimum absolute atomic E-state index is 0.239. The second-order valence-corrected chi connectivity index (χ2v) is 4.83. The highest BCUT2D eigenvalue weighted by molar-refractivity contribution is 5.88. The molecule has 0 amide bonds. The predicted octanol–water partition coefficient (Wildman–Crippen LogP) is 4.24. The number of hydrogen-bond donors (Lipinski definition) is 1. The molecule has 1 N–H and O–H groups in total. The molecular formula is C17H12O2. The third-order valence-electron chi connectivity index (χ3n) is 3.64. The molecule has 1 heterocycles. The van der Waals surface area contributed by atoms with E-state index >= 15 is 0 Å². The van der Waals surface area contributed by atoms with E-state index in [9.17, 15) is 5.11 Å². The van der Waals surface area contributed by atoms with Gasteiger partial charge in [-0.05, 0) is 28.5 Å². The number of benzene rings is 3. The van der Waals surface area contributed by atoms with Crippen molar-refractivity contribution in [3.63, 3.8) is 0 Å². The van der Waals surface area contributed by atoms with Gasteiger partial charge in [0.25, 0.3) is 0 Å². The van der Waals surface area contributed by atoms with Crippen LogP contribution in [0.25, 0.3) is 10.8 Å². The van der Waals surface area contributed by atoms with Crippen molar-refractivity contribution in [3.8, 4) is 17.2 Å². The van der Waals surface area contributed by atoms with Crippen molar-refractivity contribution in [2.24, 2.45) is 0 Å². The van der Waals surface area contributed by atoms with Crippen LogP contribution >= 0.6 is 0 Å². The van der Waals surface area contributed by atoms with E-state index in [1.54, 1.807) is 12.1 Å². The normalized spacial score (nSPS) is 12.6. The van der Waals surface area contributed by atoms with E-state index in [1.807, 2.05) is 18.2 Å². The first-order valence-corrected chi connectivity index (χ1v) is 6.32. The maximum atomic E-state index is 9.53. The van der Waals surface area contributed by atoms with E-state index in [0.29, 0.717) is 0 Å². The lowest BCUT2D eigenvalue weighted by Crippen LogP contribution is -2.03. The Bertz CT molecular complexity index is 790. The van der Waals surface area contributed by atoms with Crippen LogP contribution in [0.2, 0.25) is 0 Å². The fourth-order valence-electron chi connectivity index (χ4n) is 2.69. The predicted molar refractivity (Wildman–Crippen MR) is 74.9 cm³/mol. The van der Waals surface area contributed by atoms with Gasteiger partial charge in [-0.15, -0.1) is 0 Å². The second kappa shape index (κ2) is 3.75. The van der Waals surface area contributed by atoms with Crippen molar-refractivity contribution >= 4 is 10.8 Å². The summed E-state index contributed by atoms with van der Waals surface area (Å²) < 4.78 is 5.91. The van der Waals surface area contributed by atoms with Crippen LogP contribution in [0.3, 0.4) is 0 Å². The lowest BCUT2D eigenvalue weighted by atomic mass is 9.95. The van der Waals surface area contributed by atoms with Crippen LogP contribution in [0.5, 0.6) is 17.2 Å². The third-order valence-corrected chi connectivity index (χ3v) is 3.64. The minimum atomic E-state index is 0.239. The molecule has 0 radical (unpaired) electrons. The average Bonchev–Trinajstić information content (AvgIpc) is 2.45. The fourth-order valence-corrected chi connectivity index (χ4v) is 2.69. The number of ether oxygens (including phenoxy) is 1. The number of aromatic hydroxyl groups is 1. The van der Waals surface area contributed by atoms with Gasteiger partial charge in [-0.2, -0.15) is 0 Å². The summed E-state index contributed by atoms with van der Waals surface area (Å²) in [5, 5.41) is 12.0. The second-order valence-electron chi connectivity index (χ2n) is 4.83. The zero-order valence-electron chi connectivity index (χ0n) is 10.3. The number of phenolic OH excluding ortho intramolecular Hbond substituents is 1. The van der Waals surface area contributed by atoms with E-state index in [4.69, 9.17) is 4.74 Å². The molecule has 3 aromatic carbocycles. The standard InChI is InChI=1S/C17H12O2/c18-13-7-5-12-9-15-14-4-2-1-3-11(14)6-8-16(15)19-17(12)10-13/h1-8,10,18H,9H2. The number of hydrogen-bond acceptors (Lipinski definition) is 2. The summed E-state index contributed by atoms with van der Waals surface area (Å²) in [7, 11) is 0. The molecule has 2 nitrogen and oxygen atoms in total. The van der Waals surface area contributed by atoms with Crippen molar-refractivity contribution in [2.75, 3.05) is 0 Å². The Labute approximate surface area is 110 Å². The Balaban J connectivity index is 1.94. The van der Waals surface area contributed by atoms with Crippen LogP contribution < -0.4 is 4.74 Å². The smallest absolute Gasteiger partial charge is 0.134 e. The maximum Gasteiger partial charge on any atom is 0.134 e. The minimum Gasteiger partial charge on any atom is -0.508 e. The first kappa shape index (κ1) is 10.4. The molecule has 92 valence electrons. The quantitative estimate of drug-likeness (QED) is 0.504. The third kappa shape index (κ3) is 1.57. The van der Waals surface area contributed by atoms with Crippen LogP contribution in [0, 0.1) is 0 Å². The van der Waals surface area contributed by atoms with Gasteiger partial charge >= 0.3 is 0 Å². The lowest BCUT2D eigenvalue weighted by Gasteiger charge is -2.21. The molecule has 0 unspecified atom stereocenters. The Morgan fingerprint density at radius 2 is 1.79 bits per heavy atom. The number of rotatable bonds is 0. The summed E-state index contributed by atoms with van der Waals surface area (Å²) in [6.07, 6.45) is 0.840. The zero-order chi connectivity index (χ0) is 12.8. The highest BCUT2D eigenvalue weighted by Crippen LogP contribution is 2.41. The summed E-state index contributed by atoms with van der Waals surface area (Å²) in [5.41, 5.74) is 2.33. The van der Waals surface area contributed by atoms with Crippen molar-refractivity contribution < 1.29 is 9.84 Å². The van der Waals surface area contributed by atoms with E-state index in [-0.39, 0.29) is 5.75 Å². The van der Waals surface area contributed by atoms with E-state index < -0.39 is 0 Å². The Morgan fingerprint density at radius 3 is 2.74 bits per heavy atom. The van der Waals surface area contributed by atoms with Crippen LogP contribution in [0.1, 0.15) is 11.1 Å². The largest absolute Gasteiger partial charge is 0.508 e. The summed E-state index contributed by atoms with van der Waals surface area (Å²) in [4.78, 5) is 0. The van der Waals surface area contributed by atoms with E-state index in [2.05, 4.69) is 24.3 Å². The molecule has 3 aromatic rings. The summed E-state index contributed by atoms with van der Waals surface area (Å²) in [5.74, 6) is 1.88. The molecule has 2 heteroatoms. The molecule has 4 rings (SSSR count). The van der Waals surface area contributed by atoms with Gasteiger partial charge in [-0.1, -0.05) is 36.4 Å². The molecular weight excluding hydrogens is 236 g/mol. The van der Waals surface area contributed by atoms with Crippen molar-refractivity contribution in [2.45, 2.75) is 6.42 Å². The van der Waals surface area contributed by atoms with Gasteiger partial charge in [0.05, 0.1) is 0 Å². The van der Waals surface area contributed by atoms with Gasteiger partial charge in [0.2, 0.25) is 0 Å². The van der Waals surface area contributed by atoms with Gasteiger partial charge < -0.3 is 9.84 Å². The van der Waals surface area contributed by atoms with Gasteiger partial charge in [-0.25, -0.2) is 0 Å². The topological polar surface area (TPSA) is 29.5 Å². The number of fused-ring (bicyclic) bond motifs is 4. The first-order chi connectivity index (χ1) is 9.31. The molecule has 0 aromatic heterocycles. The van der Waals surface area contributed by atoms with Gasteiger partial charge in [0.1, 0.15) is 17.2 Å². The van der Waals surface area contributed by atoms with Crippen molar-refractivity contribution in [3.05, 3.63) is 65.7 Å². The highest BCUT2D eigenvalue weighted by Gasteiger charge is 2.19. The van der Waals surface area contributed by atoms with Gasteiger partial charge in [-0.3, -0.25) is 0 Å². The molecule has 0 aliphatic carbocycles. The summed E-state index contributed by atoms with van der Waals surface area (Å²) in [6.45, 7) is 0. The molecule has 0 saturated carbocycles. The van der Waals surface area contributed by atoms with Gasteiger partial charge in [0, 0.05) is 18.1 Å². The number of phenols is 1. The van der Waals surface area contributed by atoms with Crippen LogP contribution in [-0.4, -0.2) is 5.11 Å². The molecule has 19 heavy (non-hydrogen) atoms. The summed E-state index contributed by atoms with van der Waals surface area (Å²) >= 11 is 0. The Hall–Kier alpha value is -2.48. The summed E-state index contributed by atoms with van der Waals surface area (Å²) in [6, 6.07) is 17.7. The SMILES string of the molecule is Oc1ccc2c(c1)Oc1ccc3ccccc3c1C2.